The Labute approximate surface area is 90.8 Å². The summed E-state index contributed by atoms with van der Waals surface area (Å²) in [4.78, 5) is 5.47. The fraction of sp³-hybridized carbons (Fsp3) is 0.727. The topological polar surface area (TPSA) is 24.9 Å². The number of hydrogen-bond acceptors (Lipinski definition) is 3. The van der Waals surface area contributed by atoms with Crippen LogP contribution in [-0.4, -0.2) is 17.6 Å². The van der Waals surface area contributed by atoms with E-state index in [1.54, 1.807) is 11.3 Å². The van der Waals surface area contributed by atoms with Crippen molar-refractivity contribution in [3.63, 3.8) is 0 Å². The number of rotatable bonds is 4. The Morgan fingerprint density at radius 2 is 2.21 bits per heavy atom. The summed E-state index contributed by atoms with van der Waals surface area (Å²) >= 11 is 1.74. The summed E-state index contributed by atoms with van der Waals surface area (Å²) in [5.74, 6) is 0. The summed E-state index contributed by atoms with van der Waals surface area (Å²) in [6.07, 6.45) is 3.06. The van der Waals surface area contributed by atoms with Gasteiger partial charge in [-0.15, -0.1) is 11.3 Å². The second kappa shape index (κ2) is 4.89. The highest BCUT2D eigenvalue weighted by Gasteiger charge is 2.24. The van der Waals surface area contributed by atoms with Gasteiger partial charge in [-0.25, -0.2) is 0 Å². The Balaban J connectivity index is 2.60. The van der Waals surface area contributed by atoms with Crippen LogP contribution >= 0.6 is 11.3 Å². The maximum atomic E-state index is 4.11. The molecule has 0 spiro atoms. The third-order valence-electron chi connectivity index (χ3n) is 2.38. The van der Waals surface area contributed by atoms with Crippen molar-refractivity contribution in [1.29, 1.82) is 0 Å². The third-order valence-corrected chi connectivity index (χ3v) is 3.19. The maximum absolute atomic E-state index is 4.11. The third kappa shape index (κ3) is 3.39. The lowest BCUT2D eigenvalue weighted by atomic mass is 9.84. The van der Waals surface area contributed by atoms with E-state index in [0.717, 1.165) is 13.0 Å². The van der Waals surface area contributed by atoms with Crippen molar-refractivity contribution >= 4 is 11.3 Å². The number of thiazole rings is 1. The smallest absolute Gasteiger partial charge is 0.0794 e. The first-order chi connectivity index (χ1) is 6.54. The average molecular weight is 212 g/mol. The van der Waals surface area contributed by atoms with Crippen LogP contribution in [0.1, 0.15) is 32.6 Å². The molecule has 0 aliphatic rings. The van der Waals surface area contributed by atoms with Crippen LogP contribution in [0, 0.1) is 5.41 Å². The molecule has 1 unspecified atom stereocenters. The zero-order chi connectivity index (χ0) is 10.6. The molecule has 0 aromatic carbocycles. The Morgan fingerprint density at radius 3 is 2.64 bits per heavy atom. The van der Waals surface area contributed by atoms with Crippen molar-refractivity contribution in [3.8, 4) is 0 Å². The van der Waals surface area contributed by atoms with Crippen LogP contribution in [0.25, 0.3) is 0 Å². The zero-order valence-corrected chi connectivity index (χ0v) is 10.3. The van der Waals surface area contributed by atoms with Crippen molar-refractivity contribution < 1.29 is 0 Å². The standard InChI is InChI=1S/C11H20N2S/c1-5-13-10(11(2,3)4)6-9-7-12-8-14-9/h7-8,10,13H,5-6H2,1-4H3. The van der Waals surface area contributed by atoms with E-state index < -0.39 is 0 Å². The molecule has 80 valence electrons. The fourth-order valence-corrected chi connectivity index (χ4v) is 2.12. The monoisotopic (exact) mass is 212 g/mol. The second-order valence-electron chi connectivity index (χ2n) is 4.65. The van der Waals surface area contributed by atoms with Gasteiger partial charge >= 0.3 is 0 Å². The van der Waals surface area contributed by atoms with Gasteiger partial charge in [0.1, 0.15) is 0 Å². The summed E-state index contributed by atoms with van der Waals surface area (Å²) in [7, 11) is 0. The number of nitrogens with zero attached hydrogens (tertiary/aromatic N) is 1. The molecule has 1 aromatic heterocycles. The molecule has 14 heavy (non-hydrogen) atoms. The van der Waals surface area contributed by atoms with E-state index in [1.165, 1.54) is 4.88 Å². The molecule has 0 saturated heterocycles. The van der Waals surface area contributed by atoms with Crippen LogP contribution in [-0.2, 0) is 6.42 Å². The molecule has 0 radical (unpaired) electrons. The van der Waals surface area contributed by atoms with Crippen molar-refractivity contribution in [2.75, 3.05) is 6.54 Å². The Hall–Kier alpha value is -0.410. The molecule has 2 nitrogen and oxygen atoms in total. The summed E-state index contributed by atoms with van der Waals surface area (Å²) < 4.78 is 0. The van der Waals surface area contributed by atoms with Gasteiger partial charge in [-0.1, -0.05) is 27.7 Å². The normalized spacial score (nSPS) is 14.3. The first-order valence-electron chi connectivity index (χ1n) is 5.14. The Morgan fingerprint density at radius 1 is 1.50 bits per heavy atom. The molecule has 0 aliphatic carbocycles. The molecule has 3 heteroatoms. The van der Waals surface area contributed by atoms with Gasteiger partial charge in [0.2, 0.25) is 0 Å². The van der Waals surface area contributed by atoms with Gasteiger partial charge in [-0.3, -0.25) is 4.98 Å². The summed E-state index contributed by atoms with van der Waals surface area (Å²) in [6, 6.07) is 0.535. The van der Waals surface area contributed by atoms with Gasteiger partial charge < -0.3 is 5.32 Å². The minimum absolute atomic E-state index is 0.306. The van der Waals surface area contributed by atoms with Crippen LogP contribution in [0.2, 0.25) is 0 Å². The molecular weight excluding hydrogens is 192 g/mol. The van der Waals surface area contributed by atoms with Gasteiger partial charge in [0.25, 0.3) is 0 Å². The fourth-order valence-electron chi connectivity index (χ4n) is 1.48. The molecule has 1 heterocycles. The van der Waals surface area contributed by atoms with Gasteiger partial charge in [0, 0.05) is 17.1 Å². The second-order valence-corrected chi connectivity index (χ2v) is 5.62. The minimum Gasteiger partial charge on any atom is -0.313 e. The van der Waals surface area contributed by atoms with Crippen molar-refractivity contribution in [1.82, 2.24) is 10.3 Å². The van der Waals surface area contributed by atoms with Crippen LogP contribution in [0.5, 0.6) is 0 Å². The maximum Gasteiger partial charge on any atom is 0.0794 e. The highest BCUT2D eigenvalue weighted by Crippen LogP contribution is 2.23. The van der Waals surface area contributed by atoms with Crippen molar-refractivity contribution in [2.45, 2.75) is 40.2 Å². The number of hydrogen-bond donors (Lipinski definition) is 1. The van der Waals surface area contributed by atoms with Gasteiger partial charge in [-0.05, 0) is 18.4 Å². The first kappa shape index (κ1) is 11.7. The summed E-state index contributed by atoms with van der Waals surface area (Å²) in [6.45, 7) is 10.0. The molecule has 1 atom stereocenters. The lowest BCUT2D eigenvalue weighted by molar-refractivity contribution is 0.271. The van der Waals surface area contributed by atoms with Crippen molar-refractivity contribution in [3.05, 3.63) is 16.6 Å². The van der Waals surface area contributed by atoms with E-state index in [9.17, 15) is 0 Å². The largest absolute Gasteiger partial charge is 0.313 e. The van der Waals surface area contributed by atoms with Gasteiger partial charge in [-0.2, -0.15) is 0 Å². The van der Waals surface area contributed by atoms with Crippen LogP contribution in [0.15, 0.2) is 11.7 Å². The van der Waals surface area contributed by atoms with E-state index in [-0.39, 0.29) is 0 Å². The van der Waals surface area contributed by atoms with Crippen molar-refractivity contribution in [2.24, 2.45) is 5.41 Å². The average Bonchev–Trinajstić information content (AvgIpc) is 2.54. The summed E-state index contributed by atoms with van der Waals surface area (Å²) in [5, 5.41) is 3.54. The highest BCUT2D eigenvalue weighted by atomic mass is 32.1. The summed E-state index contributed by atoms with van der Waals surface area (Å²) in [5.41, 5.74) is 2.21. The molecular formula is C11H20N2S. The van der Waals surface area contributed by atoms with E-state index in [1.807, 2.05) is 11.7 Å². The zero-order valence-electron chi connectivity index (χ0n) is 9.50. The molecule has 1 N–H and O–H groups in total. The van der Waals surface area contributed by atoms with Crippen LogP contribution < -0.4 is 5.32 Å². The number of nitrogens with one attached hydrogen (secondary N) is 1. The van der Waals surface area contributed by atoms with E-state index in [4.69, 9.17) is 0 Å². The molecule has 0 bridgehead atoms. The van der Waals surface area contributed by atoms with E-state index >= 15 is 0 Å². The lowest BCUT2D eigenvalue weighted by Crippen LogP contribution is -2.41. The minimum atomic E-state index is 0.306. The van der Waals surface area contributed by atoms with Gasteiger partial charge in [0.05, 0.1) is 5.51 Å². The Bertz CT molecular complexity index is 249. The van der Waals surface area contributed by atoms with E-state index in [2.05, 4.69) is 38.0 Å². The SMILES string of the molecule is CCNC(Cc1cncs1)C(C)(C)C. The van der Waals surface area contributed by atoms with E-state index in [0.29, 0.717) is 11.5 Å². The molecule has 0 fully saturated rings. The predicted octanol–water partition coefficient (Wildman–Crippen LogP) is 2.71. The molecule has 0 aliphatic heterocycles. The molecule has 1 aromatic rings. The van der Waals surface area contributed by atoms with Crippen LogP contribution in [0.4, 0.5) is 0 Å². The van der Waals surface area contributed by atoms with Gasteiger partial charge in [0.15, 0.2) is 0 Å². The molecule has 0 amide bonds. The number of aromatic nitrogens is 1. The first-order valence-corrected chi connectivity index (χ1v) is 6.02. The predicted molar refractivity (Wildman–Crippen MR) is 62.7 cm³/mol. The molecule has 1 rings (SSSR count). The quantitative estimate of drug-likeness (QED) is 0.830. The lowest BCUT2D eigenvalue weighted by Gasteiger charge is -2.31. The van der Waals surface area contributed by atoms with Crippen LogP contribution in [0.3, 0.4) is 0 Å². The highest BCUT2D eigenvalue weighted by molar-refractivity contribution is 7.09. The molecule has 0 saturated carbocycles. The Kier molecular flexibility index (Phi) is 4.08. The number of likely N-dealkylation sites (N-methyl/N-ethyl adjacent to an activating group) is 1.